The van der Waals surface area contributed by atoms with Crippen LogP contribution in [0.3, 0.4) is 0 Å². The Morgan fingerprint density at radius 1 is 1.21 bits per heavy atom. The molecule has 0 aliphatic heterocycles. The zero-order valence-corrected chi connectivity index (χ0v) is 7.86. The number of hydrogen-bond acceptors (Lipinski definition) is 3. The molecule has 1 aromatic rings. The van der Waals surface area contributed by atoms with Gasteiger partial charge >= 0.3 is 29.6 Å². The summed E-state index contributed by atoms with van der Waals surface area (Å²) in [6.07, 6.45) is 0. The average molecular weight is 206 g/mol. The van der Waals surface area contributed by atoms with Crippen LogP contribution in [-0.4, -0.2) is 41.6 Å². The fourth-order valence-corrected chi connectivity index (χ4v) is 0.914. The summed E-state index contributed by atoms with van der Waals surface area (Å²) in [4.78, 5) is 12.0. The Morgan fingerprint density at radius 2 is 1.64 bits per heavy atom. The average Bonchev–Trinajstić information content (AvgIpc) is 2.21. The Morgan fingerprint density at radius 3 is 1.93 bits per heavy atom. The molecule has 0 atom stereocenters. The van der Waals surface area contributed by atoms with Crippen molar-refractivity contribution in [3.05, 3.63) is 29.8 Å². The van der Waals surface area contributed by atoms with Gasteiger partial charge in [0.15, 0.2) is 5.75 Å². The van der Waals surface area contributed by atoms with E-state index in [2.05, 4.69) is 18.7 Å². The quantitative estimate of drug-likeness (QED) is 0.456. The third-order valence-corrected chi connectivity index (χ3v) is 1.65. The van der Waals surface area contributed by atoms with Crippen LogP contribution in [0.4, 0.5) is 0 Å². The van der Waals surface area contributed by atoms with E-state index in [0.29, 0.717) is 11.7 Å². The van der Waals surface area contributed by atoms with Gasteiger partial charge in [-0.3, -0.25) is 0 Å². The topological polar surface area (TPSA) is 46.5 Å². The molecule has 0 heterocycles. The molecule has 1 N–H and O–H groups in total. The van der Waals surface area contributed by atoms with Crippen molar-refractivity contribution < 1.29 is 14.9 Å². The van der Waals surface area contributed by atoms with E-state index >= 15 is 0 Å². The van der Waals surface area contributed by atoms with Crippen LogP contribution in [0.2, 0.25) is 0 Å². The maximum atomic E-state index is 8.27. The Balaban J connectivity index is 0. The van der Waals surface area contributed by atoms with E-state index in [4.69, 9.17) is 10.1 Å². The van der Waals surface area contributed by atoms with Crippen molar-refractivity contribution in [1.29, 1.82) is 0 Å². The molecule has 1 rings (SSSR count). The molecule has 4 heteroatoms. The Hall–Kier alpha value is -0.350. The van der Waals surface area contributed by atoms with Crippen molar-refractivity contribution in [2.75, 3.05) is 0 Å². The van der Waals surface area contributed by atoms with E-state index in [1.54, 1.807) is 12.1 Å². The summed E-state index contributed by atoms with van der Waals surface area (Å²) >= 11 is 0. The second kappa shape index (κ2) is 9.21. The Kier molecular flexibility index (Phi) is 10.6. The molecule has 0 aromatic heterocycles. The van der Waals surface area contributed by atoms with Gasteiger partial charge in [-0.05, 0) is 23.6 Å². The summed E-state index contributed by atoms with van der Waals surface area (Å²) in [5.41, 5.74) is 1.24. The van der Waals surface area contributed by atoms with Gasteiger partial charge in [0.05, 0.1) is 0 Å². The van der Waals surface area contributed by atoms with Gasteiger partial charge in [0.2, 0.25) is 0 Å². The molecule has 14 heavy (non-hydrogen) atoms. The standard InChI is InChI=1S/C9H12O2.CH2O.Na.H/c1-7(2)8-3-5-9(11-10)6-4-8;1-2;;/h3-7,10H,1-2H3;1H2;;. The van der Waals surface area contributed by atoms with Crippen LogP contribution < -0.4 is 4.89 Å². The molecule has 74 valence electrons. The van der Waals surface area contributed by atoms with E-state index in [1.165, 1.54) is 5.56 Å². The van der Waals surface area contributed by atoms with Crippen molar-refractivity contribution in [2.24, 2.45) is 0 Å². The monoisotopic (exact) mass is 206 g/mol. The third kappa shape index (κ3) is 5.40. The summed E-state index contributed by atoms with van der Waals surface area (Å²) in [6, 6.07) is 7.37. The van der Waals surface area contributed by atoms with Gasteiger partial charge < -0.3 is 9.68 Å². The fraction of sp³-hybridized carbons (Fsp3) is 0.300. The van der Waals surface area contributed by atoms with Crippen LogP contribution in [0.5, 0.6) is 5.75 Å². The molecule has 0 fully saturated rings. The van der Waals surface area contributed by atoms with E-state index < -0.39 is 0 Å². The van der Waals surface area contributed by atoms with Gasteiger partial charge in [-0.1, -0.05) is 26.0 Å². The molecule has 0 saturated carbocycles. The number of rotatable bonds is 2. The summed E-state index contributed by atoms with van der Waals surface area (Å²) < 4.78 is 0. The number of benzene rings is 1. The van der Waals surface area contributed by atoms with Crippen LogP contribution in [0.25, 0.3) is 0 Å². The molecule has 0 saturated heterocycles. The van der Waals surface area contributed by atoms with Crippen molar-refractivity contribution in [3.63, 3.8) is 0 Å². The van der Waals surface area contributed by atoms with Gasteiger partial charge in [0, 0.05) is 0 Å². The minimum absolute atomic E-state index is 0. The fourth-order valence-electron chi connectivity index (χ4n) is 0.914. The van der Waals surface area contributed by atoms with Crippen molar-refractivity contribution in [3.8, 4) is 5.75 Å². The minimum atomic E-state index is 0. The summed E-state index contributed by atoms with van der Waals surface area (Å²) in [7, 11) is 0. The summed E-state index contributed by atoms with van der Waals surface area (Å²) in [6.45, 7) is 6.24. The normalized spacial score (nSPS) is 8.29. The van der Waals surface area contributed by atoms with E-state index in [1.807, 2.05) is 18.9 Å². The van der Waals surface area contributed by atoms with Gasteiger partial charge in [0.1, 0.15) is 6.79 Å². The first-order valence-corrected chi connectivity index (χ1v) is 3.94. The van der Waals surface area contributed by atoms with Crippen LogP contribution in [-0.2, 0) is 4.79 Å². The van der Waals surface area contributed by atoms with Crippen LogP contribution in [0.1, 0.15) is 25.3 Å². The number of hydrogen-bond donors (Lipinski definition) is 1. The predicted octanol–water partition coefficient (Wildman–Crippen LogP) is 1.83. The molecule has 0 unspecified atom stereocenters. The van der Waals surface area contributed by atoms with Crippen molar-refractivity contribution >= 4 is 36.3 Å². The molecule has 0 radical (unpaired) electrons. The second-order valence-corrected chi connectivity index (χ2v) is 2.82. The molecule has 0 aliphatic carbocycles. The number of carbonyl (C=O) groups is 1. The van der Waals surface area contributed by atoms with Crippen molar-refractivity contribution in [2.45, 2.75) is 19.8 Å². The Bertz CT molecular complexity index is 234. The molecule has 0 spiro atoms. The first-order chi connectivity index (χ1) is 6.24. The zero-order valence-electron chi connectivity index (χ0n) is 7.86. The predicted molar refractivity (Wildman–Crippen MR) is 58.1 cm³/mol. The van der Waals surface area contributed by atoms with Gasteiger partial charge in [-0.25, -0.2) is 5.26 Å². The zero-order chi connectivity index (χ0) is 10.3. The summed E-state index contributed by atoms with van der Waals surface area (Å²) in [5, 5.41) is 8.27. The van der Waals surface area contributed by atoms with E-state index in [-0.39, 0.29) is 29.6 Å². The number of carbonyl (C=O) groups excluding carboxylic acids is 1. The van der Waals surface area contributed by atoms with Crippen LogP contribution >= 0.6 is 0 Å². The van der Waals surface area contributed by atoms with Crippen LogP contribution in [0.15, 0.2) is 24.3 Å². The molecule has 0 amide bonds. The SMILES string of the molecule is C=O.CC(C)c1ccc(OO)cc1.[NaH]. The van der Waals surface area contributed by atoms with E-state index in [9.17, 15) is 0 Å². The maximum absolute atomic E-state index is 8.27. The van der Waals surface area contributed by atoms with Gasteiger partial charge in [-0.15, -0.1) is 0 Å². The van der Waals surface area contributed by atoms with Crippen LogP contribution in [0, 0.1) is 0 Å². The Labute approximate surface area is 106 Å². The third-order valence-electron chi connectivity index (χ3n) is 1.65. The molecule has 0 bridgehead atoms. The summed E-state index contributed by atoms with van der Waals surface area (Å²) in [5.74, 6) is 0.997. The van der Waals surface area contributed by atoms with Gasteiger partial charge in [0.25, 0.3) is 0 Å². The molecule has 0 aliphatic rings. The second-order valence-electron chi connectivity index (χ2n) is 2.82. The van der Waals surface area contributed by atoms with E-state index in [0.717, 1.165) is 0 Å². The van der Waals surface area contributed by atoms with Gasteiger partial charge in [-0.2, -0.15) is 0 Å². The molecule has 1 aromatic carbocycles. The molecular formula is C10H15NaO3. The molecular weight excluding hydrogens is 191 g/mol. The first kappa shape index (κ1) is 16.1. The molecule has 3 nitrogen and oxygen atoms in total. The first-order valence-electron chi connectivity index (χ1n) is 3.94. The van der Waals surface area contributed by atoms with Crippen molar-refractivity contribution in [1.82, 2.24) is 0 Å².